The van der Waals surface area contributed by atoms with E-state index < -0.39 is 5.97 Å². The van der Waals surface area contributed by atoms with Gasteiger partial charge in [0.25, 0.3) is 0 Å². The molecule has 0 fully saturated rings. The Labute approximate surface area is 66.1 Å². The normalized spacial score (nSPS) is 9.80. The first-order valence-corrected chi connectivity index (χ1v) is 2.97. The van der Waals surface area contributed by atoms with E-state index in [2.05, 4.69) is 4.98 Å². The van der Waals surface area contributed by atoms with Crippen molar-refractivity contribution in [3.8, 4) is 0 Å². The Morgan fingerprint density at radius 2 is 2.40 bits per heavy atom. The van der Waals surface area contributed by atoms with Crippen LogP contribution in [0.25, 0.3) is 0 Å². The SMILES string of the molecule is O=C(O)c1cnc(Cl)n1Cl. The fourth-order valence-corrected chi connectivity index (χ4v) is 0.754. The molecular formula is C4H2Cl2N2O2. The third-order valence-corrected chi connectivity index (χ3v) is 1.58. The highest BCUT2D eigenvalue weighted by molar-refractivity contribution is 6.32. The second-order valence-electron chi connectivity index (χ2n) is 1.50. The summed E-state index contributed by atoms with van der Waals surface area (Å²) in [6, 6.07) is 0. The van der Waals surface area contributed by atoms with Crippen LogP contribution in [0.5, 0.6) is 0 Å². The summed E-state index contributed by atoms with van der Waals surface area (Å²) in [6.07, 6.45) is 1.08. The molecule has 0 saturated carbocycles. The highest BCUT2D eigenvalue weighted by Crippen LogP contribution is 2.11. The number of carbonyl (C=O) groups is 1. The summed E-state index contributed by atoms with van der Waals surface area (Å²) in [5, 5.41) is 8.32. The molecule has 1 rings (SSSR count). The van der Waals surface area contributed by atoms with Gasteiger partial charge >= 0.3 is 5.97 Å². The number of imidazole rings is 1. The zero-order valence-corrected chi connectivity index (χ0v) is 6.10. The summed E-state index contributed by atoms with van der Waals surface area (Å²) in [4.78, 5) is 13.7. The van der Waals surface area contributed by atoms with Gasteiger partial charge in [-0.15, -0.1) is 0 Å². The second-order valence-corrected chi connectivity index (χ2v) is 2.17. The number of halogens is 2. The smallest absolute Gasteiger partial charge is 0.355 e. The molecule has 1 heterocycles. The molecule has 0 atom stereocenters. The molecule has 0 aliphatic carbocycles. The van der Waals surface area contributed by atoms with E-state index in [9.17, 15) is 4.79 Å². The van der Waals surface area contributed by atoms with Crippen molar-refractivity contribution >= 4 is 29.3 Å². The first-order valence-electron chi connectivity index (χ1n) is 2.25. The molecule has 6 heteroatoms. The van der Waals surface area contributed by atoms with E-state index in [4.69, 9.17) is 28.5 Å². The minimum absolute atomic E-state index is 0.0564. The lowest BCUT2D eigenvalue weighted by Gasteiger charge is -1.90. The van der Waals surface area contributed by atoms with Gasteiger partial charge in [0.2, 0.25) is 5.28 Å². The van der Waals surface area contributed by atoms with E-state index in [-0.39, 0.29) is 11.0 Å². The van der Waals surface area contributed by atoms with E-state index in [1.165, 1.54) is 0 Å². The highest BCUT2D eigenvalue weighted by atomic mass is 35.5. The minimum atomic E-state index is -1.16. The van der Waals surface area contributed by atoms with Crippen molar-refractivity contribution in [1.29, 1.82) is 0 Å². The van der Waals surface area contributed by atoms with Gasteiger partial charge in [-0.1, -0.05) is 0 Å². The first-order chi connectivity index (χ1) is 4.63. The summed E-state index contributed by atoms with van der Waals surface area (Å²) in [5.41, 5.74) is -0.147. The Morgan fingerprint density at radius 3 is 2.60 bits per heavy atom. The van der Waals surface area contributed by atoms with Gasteiger partial charge in [0.05, 0.1) is 6.20 Å². The number of carboxylic acids is 1. The molecule has 54 valence electrons. The molecule has 1 aromatic heterocycles. The largest absolute Gasteiger partial charge is 0.476 e. The van der Waals surface area contributed by atoms with Crippen LogP contribution in [0, 0.1) is 0 Å². The van der Waals surface area contributed by atoms with Gasteiger partial charge in [-0.25, -0.2) is 13.9 Å². The Kier molecular flexibility index (Phi) is 1.82. The molecule has 0 amide bonds. The zero-order chi connectivity index (χ0) is 7.72. The van der Waals surface area contributed by atoms with Crippen LogP contribution in [0.2, 0.25) is 5.28 Å². The summed E-state index contributed by atoms with van der Waals surface area (Å²) in [6.45, 7) is 0. The molecule has 1 aromatic rings. The van der Waals surface area contributed by atoms with Gasteiger partial charge in [0.15, 0.2) is 5.69 Å². The van der Waals surface area contributed by atoms with Crippen molar-refractivity contribution in [2.24, 2.45) is 0 Å². The molecule has 1 N–H and O–H groups in total. The lowest BCUT2D eigenvalue weighted by molar-refractivity contribution is 0.0689. The molecule has 10 heavy (non-hydrogen) atoms. The second kappa shape index (κ2) is 2.48. The van der Waals surface area contributed by atoms with Crippen molar-refractivity contribution < 1.29 is 9.90 Å². The molecule has 0 saturated heterocycles. The summed E-state index contributed by atoms with van der Waals surface area (Å²) in [7, 11) is 0. The van der Waals surface area contributed by atoms with E-state index in [0.29, 0.717) is 0 Å². The fraction of sp³-hybridized carbons (Fsp3) is 0. The van der Waals surface area contributed by atoms with Crippen LogP contribution >= 0.6 is 23.4 Å². The van der Waals surface area contributed by atoms with Crippen LogP contribution in [-0.2, 0) is 0 Å². The highest BCUT2D eigenvalue weighted by Gasteiger charge is 2.11. The molecule has 0 unspecified atom stereocenters. The molecule has 0 bridgehead atoms. The zero-order valence-electron chi connectivity index (χ0n) is 4.58. The van der Waals surface area contributed by atoms with Crippen molar-refractivity contribution in [1.82, 2.24) is 9.07 Å². The number of aromatic nitrogens is 2. The minimum Gasteiger partial charge on any atom is -0.476 e. The fourth-order valence-electron chi connectivity index (χ4n) is 0.454. The quantitative estimate of drug-likeness (QED) is 0.708. The standard InChI is InChI=1S/C4H2Cl2N2O2/c5-4-7-1-2(3(9)10)8(4)6/h1H,(H,9,10). The molecular weight excluding hydrogens is 179 g/mol. The van der Waals surface area contributed by atoms with Crippen LogP contribution in [0.1, 0.15) is 10.5 Å². The molecule has 4 nitrogen and oxygen atoms in total. The average molecular weight is 181 g/mol. The Hall–Kier alpha value is -0.740. The Morgan fingerprint density at radius 1 is 1.80 bits per heavy atom. The maximum Gasteiger partial charge on any atom is 0.355 e. The molecule has 0 radical (unpaired) electrons. The summed E-state index contributed by atoms with van der Waals surface area (Å²) in [5.74, 6) is -1.16. The monoisotopic (exact) mass is 180 g/mol. The molecule has 0 spiro atoms. The van der Waals surface area contributed by atoms with Gasteiger partial charge in [0, 0.05) is 11.8 Å². The predicted octanol–water partition coefficient (Wildman–Crippen LogP) is 1.24. The van der Waals surface area contributed by atoms with Gasteiger partial charge in [-0.2, -0.15) is 0 Å². The third-order valence-electron chi connectivity index (χ3n) is 0.886. The number of aromatic carboxylic acids is 1. The third kappa shape index (κ3) is 1.08. The number of nitrogens with zero attached hydrogens (tertiary/aromatic N) is 2. The first kappa shape index (κ1) is 7.37. The van der Waals surface area contributed by atoms with E-state index in [1.807, 2.05) is 0 Å². The van der Waals surface area contributed by atoms with Crippen molar-refractivity contribution in [3.63, 3.8) is 0 Å². The Balaban J connectivity index is 3.17. The van der Waals surface area contributed by atoms with Crippen molar-refractivity contribution in [2.75, 3.05) is 0 Å². The Bertz CT molecular complexity index is 270. The number of hydrogen-bond donors (Lipinski definition) is 1. The van der Waals surface area contributed by atoms with E-state index in [1.54, 1.807) is 0 Å². The lowest BCUT2D eigenvalue weighted by Crippen LogP contribution is -2.00. The van der Waals surface area contributed by atoms with Gasteiger partial charge < -0.3 is 5.11 Å². The summed E-state index contributed by atoms with van der Waals surface area (Å²) >= 11 is 10.7. The van der Waals surface area contributed by atoms with Gasteiger partial charge in [-0.05, 0) is 11.6 Å². The number of carboxylic acid groups (broad SMARTS) is 1. The van der Waals surface area contributed by atoms with Crippen LogP contribution < -0.4 is 0 Å². The molecule has 0 aliphatic rings. The van der Waals surface area contributed by atoms with Crippen molar-refractivity contribution in [2.45, 2.75) is 0 Å². The number of hydrogen-bond acceptors (Lipinski definition) is 2. The average Bonchev–Trinajstić information content (AvgIpc) is 2.14. The van der Waals surface area contributed by atoms with Crippen LogP contribution in [0.3, 0.4) is 0 Å². The van der Waals surface area contributed by atoms with Gasteiger partial charge in [-0.3, -0.25) is 0 Å². The lowest BCUT2D eigenvalue weighted by atomic mass is 10.5. The van der Waals surface area contributed by atoms with E-state index in [0.717, 1.165) is 10.3 Å². The predicted molar refractivity (Wildman–Crippen MR) is 35.4 cm³/mol. The van der Waals surface area contributed by atoms with Gasteiger partial charge in [0.1, 0.15) is 0 Å². The maximum absolute atomic E-state index is 10.2. The molecule has 0 aromatic carbocycles. The van der Waals surface area contributed by atoms with E-state index >= 15 is 0 Å². The van der Waals surface area contributed by atoms with Crippen LogP contribution in [0.15, 0.2) is 6.20 Å². The van der Waals surface area contributed by atoms with Crippen LogP contribution in [-0.4, -0.2) is 20.1 Å². The maximum atomic E-state index is 10.2. The summed E-state index contributed by atoms with van der Waals surface area (Å²) < 4.78 is 0.768. The van der Waals surface area contributed by atoms with Crippen molar-refractivity contribution in [3.05, 3.63) is 17.2 Å². The molecule has 0 aliphatic heterocycles. The topological polar surface area (TPSA) is 55.1 Å². The number of rotatable bonds is 1. The van der Waals surface area contributed by atoms with Crippen LogP contribution in [0.4, 0.5) is 0 Å².